The predicted octanol–water partition coefficient (Wildman–Crippen LogP) is 2.50. The Balaban J connectivity index is 1.72. The number of methoxy groups -OCH3 is 1. The summed E-state index contributed by atoms with van der Waals surface area (Å²) in [4.78, 5) is 0. The van der Waals surface area contributed by atoms with Gasteiger partial charge in [-0.05, 0) is 54.2 Å². The highest BCUT2D eigenvalue weighted by Gasteiger charge is 2.67. The summed E-state index contributed by atoms with van der Waals surface area (Å²) in [6.45, 7) is 0.346. The molecule has 0 aliphatic heterocycles. The van der Waals surface area contributed by atoms with E-state index in [9.17, 15) is 0 Å². The van der Waals surface area contributed by atoms with Crippen LogP contribution in [0.15, 0.2) is 24.3 Å². The summed E-state index contributed by atoms with van der Waals surface area (Å²) < 4.78 is 5.17. The van der Waals surface area contributed by atoms with Crippen LogP contribution in [0.5, 0.6) is 5.75 Å². The highest BCUT2D eigenvalue weighted by atomic mass is 16.5. The van der Waals surface area contributed by atoms with Gasteiger partial charge in [-0.3, -0.25) is 0 Å². The maximum atomic E-state index is 9.00. The maximum Gasteiger partial charge on any atom is 0.118 e. The molecule has 2 nitrogen and oxygen atoms in total. The molecule has 3 fully saturated rings. The number of hydrogen-bond donors (Lipinski definition) is 1. The van der Waals surface area contributed by atoms with Crippen molar-refractivity contribution in [3.63, 3.8) is 0 Å². The van der Waals surface area contributed by atoms with Gasteiger partial charge >= 0.3 is 0 Å². The number of aliphatic hydroxyl groups excluding tert-OH is 1. The third-order valence-electron chi connectivity index (χ3n) is 4.48. The topological polar surface area (TPSA) is 29.5 Å². The minimum absolute atomic E-state index is 0.346. The second kappa shape index (κ2) is 3.24. The van der Waals surface area contributed by atoms with Crippen LogP contribution in [0.2, 0.25) is 0 Å². The van der Waals surface area contributed by atoms with E-state index < -0.39 is 0 Å². The van der Waals surface area contributed by atoms with Gasteiger partial charge in [-0.25, -0.2) is 0 Å². The molecule has 16 heavy (non-hydrogen) atoms. The molecule has 1 N–H and O–H groups in total. The normalized spacial score (nSPS) is 35.1. The summed E-state index contributed by atoms with van der Waals surface area (Å²) in [6, 6.07) is 8.49. The lowest BCUT2D eigenvalue weighted by molar-refractivity contribution is -0.152. The fraction of sp³-hybridized carbons (Fsp3) is 0.571. The minimum atomic E-state index is 0.346. The van der Waals surface area contributed by atoms with Crippen molar-refractivity contribution in [2.24, 2.45) is 5.41 Å². The molecule has 3 aliphatic carbocycles. The van der Waals surface area contributed by atoms with E-state index in [1.165, 1.54) is 24.8 Å². The summed E-state index contributed by atoms with van der Waals surface area (Å²) in [5.41, 5.74) is 2.39. The molecule has 2 bridgehead atoms. The van der Waals surface area contributed by atoms with Crippen LogP contribution in [0.25, 0.3) is 0 Å². The van der Waals surface area contributed by atoms with Gasteiger partial charge in [-0.2, -0.15) is 0 Å². The molecular formula is C14H18O2. The van der Waals surface area contributed by atoms with Crippen molar-refractivity contribution in [2.75, 3.05) is 13.7 Å². The average Bonchev–Trinajstić information content (AvgIpc) is 2.22. The molecule has 0 unspecified atom stereocenters. The lowest BCUT2D eigenvalue weighted by atomic mass is 9.33. The van der Waals surface area contributed by atoms with Crippen molar-refractivity contribution in [3.8, 4) is 5.75 Å². The van der Waals surface area contributed by atoms with Crippen LogP contribution in [0.1, 0.15) is 31.2 Å². The summed E-state index contributed by atoms with van der Waals surface area (Å²) in [6.07, 6.45) is 4.80. The first-order valence-corrected chi connectivity index (χ1v) is 5.97. The highest BCUT2D eigenvalue weighted by molar-refractivity contribution is 5.41. The molecule has 86 valence electrons. The number of benzene rings is 1. The van der Waals surface area contributed by atoms with Crippen LogP contribution in [0.4, 0.5) is 0 Å². The third kappa shape index (κ3) is 1.23. The van der Waals surface area contributed by atoms with Gasteiger partial charge in [0, 0.05) is 6.61 Å². The van der Waals surface area contributed by atoms with Crippen molar-refractivity contribution >= 4 is 0 Å². The molecular weight excluding hydrogens is 200 g/mol. The summed E-state index contributed by atoms with van der Waals surface area (Å²) in [5, 5.41) is 9.00. The van der Waals surface area contributed by atoms with Gasteiger partial charge in [0.2, 0.25) is 0 Å². The van der Waals surface area contributed by atoms with Crippen LogP contribution in [0.3, 0.4) is 0 Å². The molecule has 3 saturated carbocycles. The Labute approximate surface area is 96.2 Å². The van der Waals surface area contributed by atoms with Gasteiger partial charge in [-0.1, -0.05) is 12.1 Å². The number of rotatable bonds is 4. The van der Waals surface area contributed by atoms with Crippen molar-refractivity contribution in [2.45, 2.75) is 31.1 Å². The quantitative estimate of drug-likeness (QED) is 0.841. The Bertz CT molecular complexity index is 374. The van der Waals surface area contributed by atoms with Gasteiger partial charge in [-0.15, -0.1) is 0 Å². The van der Waals surface area contributed by atoms with Crippen LogP contribution in [-0.4, -0.2) is 18.8 Å². The molecule has 0 saturated heterocycles. The maximum absolute atomic E-state index is 9.00. The van der Waals surface area contributed by atoms with Gasteiger partial charge in [0.25, 0.3) is 0 Å². The standard InChI is InChI=1S/C14H18O2/c1-16-12-4-2-11(3-5-12)14-8-13(9-14,10-14)6-7-15/h2-5,15H,6-10H2,1H3. The lowest BCUT2D eigenvalue weighted by Crippen LogP contribution is -2.64. The Morgan fingerprint density at radius 2 is 1.81 bits per heavy atom. The monoisotopic (exact) mass is 218 g/mol. The van der Waals surface area contributed by atoms with Gasteiger partial charge in [0.1, 0.15) is 5.75 Å². The van der Waals surface area contributed by atoms with E-state index in [1.54, 1.807) is 7.11 Å². The zero-order chi connectivity index (χ0) is 11.2. The first kappa shape index (κ1) is 10.2. The molecule has 3 aliphatic rings. The number of ether oxygens (including phenoxy) is 1. The third-order valence-corrected chi connectivity index (χ3v) is 4.48. The molecule has 1 aromatic carbocycles. The minimum Gasteiger partial charge on any atom is -0.497 e. The Hall–Kier alpha value is -1.02. The Morgan fingerprint density at radius 3 is 2.31 bits per heavy atom. The van der Waals surface area contributed by atoms with E-state index in [2.05, 4.69) is 24.3 Å². The largest absolute Gasteiger partial charge is 0.497 e. The van der Waals surface area contributed by atoms with Crippen LogP contribution < -0.4 is 4.74 Å². The van der Waals surface area contributed by atoms with Crippen molar-refractivity contribution < 1.29 is 9.84 Å². The van der Waals surface area contributed by atoms with Crippen molar-refractivity contribution in [1.29, 1.82) is 0 Å². The van der Waals surface area contributed by atoms with Crippen molar-refractivity contribution in [1.82, 2.24) is 0 Å². The van der Waals surface area contributed by atoms with Gasteiger partial charge < -0.3 is 9.84 Å². The van der Waals surface area contributed by atoms with Crippen LogP contribution in [0, 0.1) is 5.41 Å². The number of aliphatic hydroxyl groups is 1. The number of hydrogen-bond acceptors (Lipinski definition) is 2. The van der Waals surface area contributed by atoms with Gasteiger partial charge in [0.05, 0.1) is 7.11 Å². The molecule has 4 rings (SSSR count). The molecule has 0 radical (unpaired) electrons. The molecule has 1 aromatic rings. The summed E-state index contributed by atoms with van der Waals surface area (Å²) in [7, 11) is 1.70. The molecule has 0 amide bonds. The zero-order valence-electron chi connectivity index (χ0n) is 9.70. The van der Waals surface area contributed by atoms with E-state index in [4.69, 9.17) is 9.84 Å². The predicted molar refractivity (Wildman–Crippen MR) is 62.7 cm³/mol. The second-order valence-electron chi connectivity index (χ2n) is 5.51. The summed E-state index contributed by atoms with van der Waals surface area (Å²) in [5.74, 6) is 0.931. The van der Waals surface area contributed by atoms with Crippen LogP contribution in [-0.2, 0) is 5.41 Å². The average molecular weight is 218 g/mol. The Kier molecular flexibility index (Phi) is 2.05. The van der Waals surface area contributed by atoms with Gasteiger partial charge in [0.15, 0.2) is 0 Å². The van der Waals surface area contributed by atoms with E-state index in [0.29, 0.717) is 17.4 Å². The van der Waals surface area contributed by atoms with E-state index in [1.807, 2.05) is 0 Å². The molecule has 0 heterocycles. The summed E-state index contributed by atoms with van der Waals surface area (Å²) >= 11 is 0. The highest BCUT2D eigenvalue weighted by Crippen LogP contribution is 2.74. The van der Waals surface area contributed by atoms with E-state index >= 15 is 0 Å². The fourth-order valence-corrected chi connectivity index (χ4v) is 3.75. The van der Waals surface area contributed by atoms with E-state index in [-0.39, 0.29) is 0 Å². The SMILES string of the molecule is COc1ccc(C23CC(CCO)(C2)C3)cc1. The molecule has 0 aromatic heterocycles. The van der Waals surface area contributed by atoms with E-state index in [0.717, 1.165) is 12.2 Å². The first-order valence-electron chi connectivity index (χ1n) is 5.97. The Morgan fingerprint density at radius 1 is 1.19 bits per heavy atom. The molecule has 0 atom stereocenters. The van der Waals surface area contributed by atoms with Crippen molar-refractivity contribution in [3.05, 3.63) is 29.8 Å². The fourth-order valence-electron chi connectivity index (χ4n) is 3.75. The molecule has 2 heteroatoms. The smallest absolute Gasteiger partial charge is 0.118 e. The first-order chi connectivity index (χ1) is 7.72. The molecule has 0 spiro atoms. The zero-order valence-corrected chi connectivity index (χ0v) is 9.70. The second-order valence-corrected chi connectivity index (χ2v) is 5.51. The lowest BCUT2D eigenvalue weighted by Gasteiger charge is -2.71. The van der Waals surface area contributed by atoms with Crippen LogP contribution >= 0.6 is 0 Å².